The van der Waals surface area contributed by atoms with E-state index in [9.17, 15) is 0 Å². The molecule has 0 aliphatic rings. The fourth-order valence-corrected chi connectivity index (χ4v) is 27.6. The van der Waals surface area contributed by atoms with Crippen LogP contribution >= 0.6 is 11.6 Å². The molecule has 0 aliphatic heterocycles. The molecule has 0 rings (SSSR count). The summed E-state index contributed by atoms with van der Waals surface area (Å²) in [5, 5.41) is 0. The third-order valence-electron chi connectivity index (χ3n) is 3.41. The number of hydrogen-bond donors (Lipinski definition) is 0. The van der Waals surface area contributed by atoms with Gasteiger partial charge in [-0.3, -0.25) is 0 Å². The molecule has 0 aromatic rings. The van der Waals surface area contributed by atoms with Gasteiger partial charge in [-0.25, -0.2) is 0 Å². The second kappa shape index (κ2) is 4.29. The molecule has 0 aromatic carbocycles. The second-order valence-corrected chi connectivity index (χ2v) is 24.6. The van der Waals surface area contributed by atoms with E-state index in [1.807, 2.05) is 7.11 Å². The van der Waals surface area contributed by atoms with Crippen LogP contribution in [0.4, 0.5) is 0 Å². The first kappa shape index (κ1) is 15.9. The van der Waals surface area contributed by atoms with Crippen molar-refractivity contribution >= 4 is 36.1 Å². The molecule has 0 saturated heterocycles. The van der Waals surface area contributed by atoms with E-state index in [1.165, 1.54) is 0 Å². The van der Waals surface area contributed by atoms with Gasteiger partial charge in [-0.1, -0.05) is 39.3 Å². The Labute approximate surface area is 104 Å². The van der Waals surface area contributed by atoms with Gasteiger partial charge in [-0.15, -0.1) is 11.6 Å². The molecule has 1 nitrogen and oxygen atoms in total. The highest BCUT2D eigenvalue weighted by Gasteiger charge is 2.61. The maximum absolute atomic E-state index is 7.14. The van der Waals surface area contributed by atoms with Crippen molar-refractivity contribution in [3.8, 4) is 0 Å². The van der Waals surface area contributed by atoms with Gasteiger partial charge in [0.15, 0.2) is 0 Å². The van der Waals surface area contributed by atoms with Crippen molar-refractivity contribution in [1.29, 1.82) is 0 Å². The lowest BCUT2D eigenvalue weighted by Crippen LogP contribution is -2.75. The number of rotatable bonds is 4. The normalized spacial score (nSPS) is 15.6. The van der Waals surface area contributed by atoms with Crippen molar-refractivity contribution in [2.75, 3.05) is 7.11 Å². The van der Waals surface area contributed by atoms with Crippen LogP contribution < -0.4 is 0 Å². The largest absolute Gasteiger partial charge is 0.419 e. The average Bonchev–Trinajstić information content (AvgIpc) is 1.98. The minimum absolute atomic E-state index is 0.0122. The van der Waals surface area contributed by atoms with Crippen LogP contribution in [0.3, 0.4) is 0 Å². The highest BCUT2D eigenvalue weighted by molar-refractivity contribution is 7.21. The van der Waals surface area contributed by atoms with Gasteiger partial charge in [-0.05, 0) is 13.1 Å². The number of halogens is 1. The Morgan fingerprint density at radius 1 is 0.800 bits per heavy atom. The van der Waals surface area contributed by atoms with E-state index in [1.54, 1.807) is 0 Å². The van der Waals surface area contributed by atoms with Gasteiger partial charge in [0.1, 0.15) is 0 Å². The van der Waals surface area contributed by atoms with Crippen LogP contribution in [0.15, 0.2) is 0 Å². The first-order valence-corrected chi connectivity index (χ1v) is 15.8. The zero-order valence-electron chi connectivity index (χ0n) is 11.8. The van der Waals surface area contributed by atoms with Crippen LogP contribution in [0.2, 0.25) is 52.4 Å². The molecular weight excluding hydrogens is 256 g/mol. The van der Waals surface area contributed by atoms with E-state index >= 15 is 0 Å². The maximum atomic E-state index is 7.14. The zero-order valence-corrected chi connectivity index (χ0v) is 15.5. The molecule has 92 valence electrons. The molecule has 0 radical (unpaired) electrons. The van der Waals surface area contributed by atoms with Crippen LogP contribution in [0.5, 0.6) is 0 Å². The van der Waals surface area contributed by atoms with E-state index < -0.39 is 24.5 Å². The van der Waals surface area contributed by atoms with Crippen LogP contribution in [0, 0.1) is 0 Å². The Bertz CT molecular complexity index is 214. The summed E-state index contributed by atoms with van der Waals surface area (Å²) < 4.78 is 5.82. The van der Waals surface area contributed by atoms with Crippen LogP contribution in [0.25, 0.3) is 0 Å². The van der Waals surface area contributed by atoms with Gasteiger partial charge in [-0.2, -0.15) is 0 Å². The highest BCUT2D eigenvalue weighted by Crippen LogP contribution is 2.44. The van der Waals surface area contributed by atoms with Crippen molar-refractivity contribution in [2.24, 2.45) is 0 Å². The summed E-state index contributed by atoms with van der Waals surface area (Å²) in [6, 6.07) is 0. The van der Waals surface area contributed by atoms with E-state index in [0.29, 0.717) is 0 Å². The second-order valence-electron chi connectivity index (χ2n) is 6.87. The number of alkyl halides is 1. The molecule has 0 unspecified atom stereocenters. The van der Waals surface area contributed by atoms with Gasteiger partial charge >= 0.3 is 0 Å². The van der Waals surface area contributed by atoms with Gasteiger partial charge in [0.2, 0.25) is 8.32 Å². The lowest BCUT2D eigenvalue weighted by molar-refractivity contribution is 0.402. The van der Waals surface area contributed by atoms with E-state index in [2.05, 4.69) is 52.4 Å². The topological polar surface area (TPSA) is 9.23 Å². The Morgan fingerprint density at radius 3 is 1.13 bits per heavy atom. The maximum Gasteiger partial charge on any atom is 0.201 e. The summed E-state index contributed by atoms with van der Waals surface area (Å²) in [6.07, 6.45) is 0. The minimum atomic E-state index is -1.81. The molecule has 0 atom stereocenters. The molecule has 0 aromatic heterocycles. The van der Waals surface area contributed by atoms with Crippen molar-refractivity contribution in [3.05, 3.63) is 0 Å². The van der Waals surface area contributed by atoms with E-state index in [-0.39, 0.29) is 3.74 Å². The molecule has 0 spiro atoms. The Morgan fingerprint density at radius 2 is 1.07 bits per heavy atom. The first-order chi connectivity index (χ1) is 6.31. The SMILES string of the molecule is CO[Si](C)(C)C(Cl)([Si](C)(C)C)[Si](C)(C)C. The molecule has 15 heavy (non-hydrogen) atoms. The summed E-state index contributed by atoms with van der Waals surface area (Å²) in [5.74, 6) is 0. The van der Waals surface area contributed by atoms with E-state index in [4.69, 9.17) is 16.0 Å². The third kappa shape index (κ3) is 2.60. The average molecular weight is 283 g/mol. The molecule has 0 amide bonds. The first-order valence-electron chi connectivity index (χ1n) is 5.55. The fourth-order valence-electron chi connectivity index (χ4n) is 3.07. The van der Waals surface area contributed by atoms with Crippen LogP contribution in [0.1, 0.15) is 0 Å². The summed E-state index contributed by atoms with van der Waals surface area (Å²) in [5.41, 5.74) is 0. The fraction of sp³-hybridized carbons (Fsp3) is 1.00. The molecule has 0 saturated carbocycles. The van der Waals surface area contributed by atoms with Gasteiger partial charge < -0.3 is 4.43 Å². The van der Waals surface area contributed by atoms with Gasteiger partial charge in [0.25, 0.3) is 0 Å². The lowest BCUT2D eigenvalue weighted by atomic mass is 11.6. The monoisotopic (exact) mass is 282 g/mol. The van der Waals surface area contributed by atoms with Crippen molar-refractivity contribution in [2.45, 2.75) is 56.1 Å². The minimum Gasteiger partial charge on any atom is -0.419 e. The van der Waals surface area contributed by atoms with Gasteiger partial charge in [0.05, 0.1) is 16.1 Å². The molecule has 0 fully saturated rings. The molecule has 0 aliphatic carbocycles. The Hall–Kier alpha value is 0.901. The summed E-state index contributed by atoms with van der Waals surface area (Å²) in [4.78, 5) is 0. The highest BCUT2D eigenvalue weighted by atomic mass is 35.5. The zero-order chi connectivity index (χ0) is 12.7. The summed E-state index contributed by atoms with van der Waals surface area (Å²) >= 11 is 7.14. The molecule has 0 bridgehead atoms. The lowest BCUT2D eigenvalue weighted by Gasteiger charge is -2.54. The third-order valence-corrected chi connectivity index (χ3v) is 27.6. The van der Waals surface area contributed by atoms with Crippen molar-refractivity contribution in [1.82, 2.24) is 0 Å². The Kier molecular flexibility index (Phi) is 4.55. The molecular formula is C10H27ClOSi3. The molecule has 0 heterocycles. The quantitative estimate of drug-likeness (QED) is 0.557. The van der Waals surface area contributed by atoms with Gasteiger partial charge in [0, 0.05) is 10.9 Å². The Balaban J connectivity index is 5.65. The van der Waals surface area contributed by atoms with Crippen molar-refractivity contribution in [3.63, 3.8) is 0 Å². The van der Waals surface area contributed by atoms with E-state index in [0.717, 1.165) is 0 Å². The predicted octanol–water partition coefficient (Wildman–Crippen LogP) is 4.11. The molecule has 0 N–H and O–H groups in total. The van der Waals surface area contributed by atoms with Crippen LogP contribution in [-0.4, -0.2) is 35.3 Å². The predicted molar refractivity (Wildman–Crippen MR) is 79.8 cm³/mol. The smallest absolute Gasteiger partial charge is 0.201 e. The summed E-state index contributed by atoms with van der Waals surface area (Å²) in [7, 11) is -2.85. The molecule has 5 heteroatoms. The van der Waals surface area contributed by atoms with Crippen LogP contribution in [-0.2, 0) is 4.43 Å². The standard InChI is InChI=1S/C10H27ClOSi3/c1-12-15(8,9)10(11,13(2,3)4)14(5,6)7/h1-9H3. The number of hydrogen-bond acceptors (Lipinski definition) is 1. The van der Waals surface area contributed by atoms with Crippen molar-refractivity contribution < 1.29 is 4.43 Å². The summed E-state index contributed by atoms with van der Waals surface area (Å²) in [6.45, 7) is 18.8.